The minimum absolute atomic E-state index is 0.0186. The number of amides is 2. The molecule has 1 atom stereocenters. The van der Waals surface area contributed by atoms with E-state index in [4.69, 9.17) is 0 Å². The van der Waals surface area contributed by atoms with Gasteiger partial charge in [-0.25, -0.2) is 9.18 Å². The second-order valence-electron chi connectivity index (χ2n) is 4.78. The smallest absolute Gasteiger partial charge is 0.387 e. The molecule has 0 heterocycles. The van der Waals surface area contributed by atoms with Crippen molar-refractivity contribution in [1.29, 1.82) is 0 Å². The van der Waals surface area contributed by atoms with Gasteiger partial charge in [0.1, 0.15) is 11.6 Å². The molecule has 122 valence electrons. The second kappa shape index (κ2) is 7.53. The van der Waals surface area contributed by atoms with Crippen molar-refractivity contribution in [1.82, 2.24) is 5.32 Å². The first-order valence-electron chi connectivity index (χ1n) is 6.82. The molecule has 23 heavy (non-hydrogen) atoms. The Morgan fingerprint density at radius 3 is 2.48 bits per heavy atom. The highest BCUT2D eigenvalue weighted by Crippen LogP contribution is 2.20. The maximum atomic E-state index is 12.8. The lowest BCUT2D eigenvalue weighted by molar-refractivity contribution is -0.0499. The Bertz CT molecular complexity index is 663. The molecule has 2 rings (SSSR count). The minimum Gasteiger partial charge on any atom is -0.435 e. The Kier molecular flexibility index (Phi) is 5.46. The molecule has 0 radical (unpaired) electrons. The summed E-state index contributed by atoms with van der Waals surface area (Å²) < 4.78 is 41.5. The van der Waals surface area contributed by atoms with Gasteiger partial charge in [-0.15, -0.1) is 0 Å². The summed E-state index contributed by atoms with van der Waals surface area (Å²) in [5.41, 5.74) is 1.04. The van der Waals surface area contributed by atoms with Crippen molar-refractivity contribution < 1.29 is 22.7 Å². The van der Waals surface area contributed by atoms with Gasteiger partial charge in [0.2, 0.25) is 0 Å². The summed E-state index contributed by atoms with van der Waals surface area (Å²) in [6, 6.07) is 10.4. The van der Waals surface area contributed by atoms with Gasteiger partial charge in [-0.05, 0) is 48.9 Å². The third-order valence-corrected chi connectivity index (χ3v) is 3.03. The molecule has 0 aliphatic heterocycles. The first-order valence-corrected chi connectivity index (χ1v) is 6.82. The van der Waals surface area contributed by atoms with Crippen LogP contribution in [0.3, 0.4) is 0 Å². The molecule has 2 amide bonds. The molecule has 0 bridgehead atoms. The van der Waals surface area contributed by atoms with Gasteiger partial charge in [0.05, 0.1) is 6.04 Å². The first kappa shape index (κ1) is 16.7. The van der Waals surface area contributed by atoms with Crippen molar-refractivity contribution >= 4 is 11.7 Å². The first-order chi connectivity index (χ1) is 10.9. The van der Waals surface area contributed by atoms with E-state index < -0.39 is 24.5 Å². The van der Waals surface area contributed by atoms with Gasteiger partial charge in [0, 0.05) is 5.69 Å². The number of carbonyl (C=O) groups excluding carboxylic acids is 1. The zero-order valence-electron chi connectivity index (χ0n) is 12.2. The second-order valence-corrected chi connectivity index (χ2v) is 4.78. The van der Waals surface area contributed by atoms with Gasteiger partial charge in [-0.1, -0.05) is 12.1 Å². The summed E-state index contributed by atoms with van der Waals surface area (Å²) >= 11 is 0. The number of anilines is 1. The number of urea groups is 1. The SMILES string of the molecule is CC(NC(=O)Nc1ccc(F)cc1)c1cccc(OC(F)F)c1. The number of ether oxygens (including phenoxy) is 1. The Labute approximate surface area is 131 Å². The fraction of sp³-hybridized carbons (Fsp3) is 0.188. The van der Waals surface area contributed by atoms with Crippen LogP contribution in [0.25, 0.3) is 0 Å². The molecule has 2 aromatic carbocycles. The highest BCUT2D eigenvalue weighted by Gasteiger charge is 2.12. The van der Waals surface area contributed by atoms with E-state index in [-0.39, 0.29) is 5.75 Å². The van der Waals surface area contributed by atoms with E-state index in [1.165, 1.54) is 36.4 Å². The quantitative estimate of drug-likeness (QED) is 0.861. The van der Waals surface area contributed by atoms with Gasteiger partial charge in [0.25, 0.3) is 0 Å². The summed E-state index contributed by atoms with van der Waals surface area (Å²) in [7, 11) is 0. The van der Waals surface area contributed by atoms with E-state index in [2.05, 4.69) is 15.4 Å². The largest absolute Gasteiger partial charge is 0.435 e. The lowest BCUT2D eigenvalue weighted by atomic mass is 10.1. The zero-order chi connectivity index (χ0) is 16.8. The average molecular weight is 324 g/mol. The van der Waals surface area contributed by atoms with E-state index in [0.717, 1.165) is 0 Å². The van der Waals surface area contributed by atoms with Crippen LogP contribution in [0, 0.1) is 5.82 Å². The molecule has 0 saturated heterocycles. The highest BCUT2D eigenvalue weighted by atomic mass is 19.3. The standard InChI is InChI=1S/C16H15F3N2O2/c1-10(11-3-2-4-14(9-11)23-15(18)19)20-16(22)21-13-7-5-12(17)6-8-13/h2-10,15H,1H3,(H2,20,21,22). The Hall–Kier alpha value is -2.70. The van der Waals surface area contributed by atoms with Crippen LogP contribution in [0.2, 0.25) is 0 Å². The number of rotatable bonds is 5. The molecule has 0 fully saturated rings. The molecule has 0 aromatic heterocycles. The molecule has 0 saturated carbocycles. The lowest BCUT2D eigenvalue weighted by Gasteiger charge is -2.16. The van der Waals surface area contributed by atoms with Crippen molar-refractivity contribution in [2.75, 3.05) is 5.32 Å². The van der Waals surface area contributed by atoms with E-state index in [9.17, 15) is 18.0 Å². The molecule has 2 aromatic rings. The Morgan fingerprint density at radius 1 is 1.13 bits per heavy atom. The molecule has 1 unspecified atom stereocenters. The maximum absolute atomic E-state index is 12.8. The molecule has 0 spiro atoms. The number of hydrogen-bond acceptors (Lipinski definition) is 2. The van der Waals surface area contributed by atoms with E-state index in [1.807, 2.05) is 0 Å². The number of nitrogens with one attached hydrogen (secondary N) is 2. The molecule has 0 aliphatic rings. The topological polar surface area (TPSA) is 50.4 Å². The number of carbonyl (C=O) groups is 1. The number of hydrogen-bond donors (Lipinski definition) is 2. The fourth-order valence-electron chi connectivity index (χ4n) is 1.94. The van der Waals surface area contributed by atoms with Crippen molar-refractivity contribution in [2.45, 2.75) is 19.6 Å². The lowest BCUT2D eigenvalue weighted by Crippen LogP contribution is -2.31. The zero-order valence-corrected chi connectivity index (χ0v) is 12.2. The molecule has 4 nitrogen and oxygen atoms in total. The molecule has 7 heteroatoms. The van der Waals surface area contributed by atoms with Crippen molar-refractivity contribution in [3.63, 3.8) is 0 Å². The van der Waals surface area contributed by atoms with Crippen molar-refractivity contribution in [2.24, 2.45) is 0 Å². The van der Waals surface area contributed by atoms with Gasteiger partial charge in [-0.2, -0.15) is 8.78 Å². The molecular weight excluding hydrogens is 309 g/mol. The third-order valence-electron chi connectivity index (χ3n) is 3.03. The summed E-state index contributed by atoms with van der Waals surface area (Å²) in [4.78, 5) is 11.9. The van der Waals surface area contributed by atoms with E-state index in [0.29, 0.717) is 11.3 Å². The van der Waals surface area contributed by atoms with Crippen LogP contribution in [-0.2, 0) is 0 Å². The predicted molar refractivity (Wildman–Crippen MR) is 80.0 cm³/mol. The fourth-order valence-corrected chi connectivity index (χ4v) is 1.94. The molecular formula is C16H15F3N2O2. The number of benzene rings is 2. The van der Waals surface area contributed by atoms with Crippen molar-refractivity contribution in [3.8, 4) is 5.75 Å². The monoisotopic (exact) mass is 324 g/mol. The van der Waals surface area contributed by atoms with Crippen LogP contribution in [0.4, 0.5) is 23.7 Å². The van der Waals surface area contributed by atoms with Gasteiger partial charge >= 0.3 is 12.6 Å². The summed E-state index contributed by atoms with van der Waals surface area (Å²) in [6.07, 6.45) is 0. The Balaban J connectivity index is 1.96. The number of halogens is 3. The minimum atomic E-state index is -2.91. The van der Waals surface area contributed by atoms with Crippen LogP contribution in [0.15, 0.2) is 48.5 Å². The summed E-state index contributed by atoms with van der Waals surface area (Å²) in [6.45, 7) is -1.21. The van der Waals surface area contributed by atoms with E-state index in [1.54, 1.807) is 19.1 Å². The van der Waals surface area contributed by atoms with Gasteiger partial charge in [0.15, 0.2) is 0 Å². The summed E-state index contributed by atoms with van der Waals surface area (Å²) in [5, 5.41) is 5.20. The third kappa shape index (κ3) is 5.21. The van der Waals surface area contributed by atoms with Crippen LogP contribution in [-0.4, -0.2) is 12.6 Å². The Morgan fingerprint density at radius 2 is 1.83 bits per heavy atom. The highest BCUT2D eigenvalue weighted by molar-refractivity contribution is 5.89. The van der Waals surface area contributed by atoms with Crippen LogP contribution in [0.5, 0.6) is 5.75 Å². The van der Waals surface area contributed by atoms with Crippen molar-refractivity contribution in [3.05, 3.63) is 59.9 Å². The van der Waals surface area contributed by atoms with E-state index >= 15 is 0 Å². The van der Waals surface area contributed by atoms with Crippen LogP contribution in [0.1, 0.15) is 18.5 Å². The van der Waals surface area contributed by atoms with Crippen LogP contribution < -0.4 is 15.4 Å². The summed E-state index contributed by atoms with van der Waals surface area (Å²) in [5.74, 6) is -0.384. The average Bonchev–Trinajstić information content (AvgIpc) is 2.49. The van der Waals surface area contributed by atoms with Gasteiger partial charge < -0.3 is 15.4 Å². The molecule has 2 N–H and O–H groups in total. The predicted octanol–water partition coefficient (Wildman–Crippen LogP) is 4.31. The number of alkyl halides is 2. The van der Waals surface area contributed by atoms with Gasteiger partial charge in [-0.3, -0.25) is 0 Å². The normalized spacial score (nSPS) is 11.9. The van der Waals surface area contributed by atoms with Crippen LogP contribution >= 0.6 is 0 Å². The molecule has 0 aliphatic carbocycles. The maximum Gasteiger partial charge on any atom is 0.387 e.